The van der Waals surface area contributed by atoms with E-state index in [9.17, 15) is 4.79 Å². The molecule has 3 heterocycles. The maximum absolute atomic E-state index is 12.7. The largest absolute Gasteiger partial charge is 0.349 e. The first kappa shape index (κ1) is 15.8. The van der Waals surface area contributed by atoms with E-state index in [4.69, 9.17) is 0 Å². The first-order valence-corrected chi connectivity index (χ1v) is 8.37. The Kier molecular flexibility index (Phi) is 4.81. The van der Waals surface area contributed by atoms with Crippen molar-refractivity contribution in [2.45, 2.75) is 32.2 Å². The van der Waals surface area contributed by atoms with Gasteiger partial charge in [0, 0.05) is 38.6 Å². The number of rotatable bonds is 5. The van der Waals surface area contributed by atoms with Crippen LogP contribution in [0, 0.1) is 0 Å². The zero-order valence-electron chi connectivity index (χ0n) is 13.9. The number of amides is 1. The molecule has 0 aliphatic carbocycles. The van der Waals surface area contributed by atoms with Gasteiger partial charge in [0.25, 0.3) is 5.91 Å². The van der Waals surface area contributed by atoms with E-state index in [-0.39, 0.29) is 11.9 Å². The molecule has 1 N–H and O–H groups in total. The van der Waals surface area contributed by atoms with E-state index < -0.39 is 0 Å². The van der Waals surface area contributed by atoms with Gasteiger partial charge in [0.15, 0.2) is 0 Å². The third-order valence-electron chi connectivity index (χ3n) is 4.46. The molecule has 6 heteroatoms. The van der Waals surface area contributed by atoms with E-state index in [1.807, 2.05) is 36.1 Å². The Balaban J connectivity index is 1.66. The molecule has 124 valence electrons. The molecular weight excluding hydrogens is 290 g/mol. The van der Waals surface area contributed by atoms with Crippen LogP contribution in [0.25, 0.3) is 5.82 Å². The molecular formula is C17H25N5O. The van der Waals surface area contributed by atoms with Crippen molar-refractivity contribution in [1.29, 1.82) is 0 Å². The highest BCUT2D eigenvalue weighted by atomic mass is 16.1. The Morgan fingerprint density at radius 1 is 1.30 bits per heavy atom. The normalized spacial score (nSPS) is 16.6. The summed E-state index contributed by atoms with van der Waals surface area (Å²) in [7, 11) is 1.86. The quantitative estimate of drug-likeness (QED) is 0.915. The van der Waals surface area contributed by atoms with E-state index in [1.54, 1.807) is 10.9 Å². The van der Waals surface area contributed by atoms with Crippen molar-refractivity contribution in [3.05, 3.63) is 36.3 Å². The van der Waals surface area contributed by atoms with Gasteiger partial charge in [-0.05, 0) is 37.9 Å². The molecule has 0 radical (unpaired) electrons. The second-order valence-electron chi connectivity index (χ2n) is 6.19. The lowest BCUT2D eigenvalue weighted by Gasteiger charge is -2.32. The van der Waals surface area contributed by atoms with E-state index >= 15 is 0 Å². The second-order valence-corrected chi connectivity index (χ2v) is 6.19. The summed E-state index contributed by atoms with van der Waals surface area (Å²) >= 11 is 0. The molecule has 1 aliphatic rings. The highest BCUT2D eigenvalue weighted by Crippen LogP contribution is 2.16. The maximum Gasteiger partial charge on any atom is 0.256 e. The summed E-state index contributed by atoms with van der Waals surface area (Å²) in [6, 6.07) is 4.14. The van der Waals surface area contributed by atoms with Crippen molar-refractivity contribution in [1.82, 2.24) is 24.6 Å². The fourth-order valence-corrected chi connectivity index (χ4v) is 3.25. The number of hydrogen-bond donors (Lipinski definition) is 1. The average Bonchev–Trinajstić information content (AvgIpc) is 3.18. The number of nitrogens with one attached hydrogen (secondary N) is 1. The van der Waals surface area contributed by atoms with Gasteiger partial charge < -0.3 is 14.8 Å². The Morgan fingerprint density at radius 3 is 2.65 bits per heavy atom. The maximum atomic E-state index is 12.7. The molecule has 1 amide bonds. The predicted molar refractivity (Wildman–Crippen MR) is 89.8 cm³/mol. The summed E-state index contributed by atoms with van der Waals surface area (Å²) in [4.78, 5) is 15.1. The molecule has 0 unspecified atom stereocenters. The van der Waals surface area contributed by atoms with Gasteiger partial charge in [-0.2, -0.15) is 5.10 Å². The highest BCUT2D eigenvalue weighted by Gasteiger charge is 2.23. The third kappa shape index (κ3) is 3.47. The second kappa shape index (κ2) is 7.00. The minimum absolute atomic E-state index is 0.0317. The van der Waals surface area contributed by atoms with E-state index in [1.165, 1.54) is 6.42 Å². The molecule has 6 nitrogen and oxygen atoms in total. The molecule has 0 aromatic carbocycles. The van der Waals surface area contributed by atoms with Crippen LogP contribution in [0.15, 0.2) is 30.7 Å². The van der Waals surface area contributed by atoms with Crippen molar-refractivity contribution in [3.8, 4) is 5.82 Å². The summed E-state index contributed by atoms with van der Waals surface area (Å²) in [5, 5.41) is 7.43. The molecule has 2 aromatic rings. The van der Waals surface area contributed by atoms with Crippen LogP contribution in [-0.4, -0.2) is 50.8 Å². The first-order chi connectivity index (χ1) is 11.2. The molecule has 23 heavy (non-hydrogen) atoms. The van der Waals surface area contributed by atoms with Gasteiger partial charge in [-0.15, -0.1) is 0 Å². The number of carbonyl (C=O) groups is 1. The van der Waals surface area contributed by atoms with Gasteiger partial charge in [-0.25, -0.2) is 0 Å². The van der Waals surface area contributed by atoms with E-state index in [0.29, 0.717) is 5.56 Å². The van der Waals surface area contributed by atoms with Crippen molar-refractivity contribution in [3.63, 3.8) is 0 Å². The van der Waals surface area contributed by atoms with Gasteiger partial charge in [0.2, 0.25) is 0 Å². The topological polar surface area (TPSA) is 55.1 Å². The fourth-order valence-electron chi connectivity index (χ4n) is 3.25. The molecule has 0 spiro atoms. The van der Waals surface area contributed by atoms with Crippen LogP contribution in [0.4, 0.5) is 0 Å². The van der Waals surface area contributed by atoms with Crippen LogP contribution in [0.3, 0.4) is 0 Å². The van der Waals surface area contributed by atoms with Crippen LogP contribution in [0.5, 0.6) is 0 Å². The first-order valence-electron chi connectivity index (χ1n) is 8.37. The molecule has 1 saturated heterocycles. The zero-order valence-corrected chi connectivity index (χ0v) is 13.9. The van der Waals surface area contributed by atoms with Crippen molar-refractivity contribution in [2.75, 3.05) is 19.6 Å². The van der Waals surface area contributed by atoms with Crippen LogP contribution in [-0.2, 0) is 7.05 Å². The number of hydrogen-bond acceptors (Lipinski definition) is 3. The van der Waals surface area contributed by atoms with Crippen molar-refractivity contribution < 1.29 is 4.79 Å². The number of aryl methyl sites for hydroxylation is 1. The summed E-state index contributed by atoms with van der Waals surface area (Å²) in [6.07, 6.45) is 8.73. The summed E-state index contributed by atoms with van der Waals surface area (Å²) in [6.45, 7) is 5.49. The van der Waals surface area contributed by atoms with Gasteiger partial charge in [-0.3, -0.25) is 9.48 Å². The standard InChI is InChI=1S/C17H25N5O/c1-3-8-21-11-6-14(7-12-21)19-16(23)15-13-18-20(2)17(15)22-9-4-5-10-22/h4-5,9-10,13-14H,3,6-8,11-12H2,1-2H3,(H,19,23). The number of likely N-dealkylation sites (tertiary alicyclic amines) is 1. The average molecular weight is 315 g/mol. The molecule has 0 atom stereocenters. The zero-order chi connectivity index (χ0) is 16.2. The Morgan fingerprint density at radius 2 is 2.00 bits per heavy atom. The van der Waals surface area contributed by atoms with Crippen molar-refractivity contribution in [2.24, 2.45) is 7.05 Å². The van der Waals surface area contributed by atoms with E-state index in [0.717, 1.165) is 38.3 Å². The van der Waals surface area contributed by atoms with Crippen LogP contribution >= 0.6 is 0 Å². The lowest BCUT2D eigenvalue weighted by Crippen LogP contribution is -2.44. The molecule has 3 rings (SSSR count). The Hall–Kier alpha value is -2.08. The minimum atomic E-state index is -0.0317. The van der Waals surface area contributed by atoms with Gasteiger partial charge >= 0.3 is 0 Å². The molecule has 2 aromatic heterocycles. The Labute approximate surface area is 137 Å². The molecule has 0 bridgehead atoms. The lowest BCUT2D eigenvalue weighted by molar-refractivity contribution is 0.0911. The monoisotopic (exact) mass is 315 g/mol. The number of nitrogens with zero attached hydrogens (tertiary/aromatic N) is 4. The van der Waals surface area contributed by atoms with E-state index in [2.05, 4.69) is 22.2 Å². The van der Waals surface area contributed by atoms with Gasteiger partial charge in [-0.1, -0.05) is 6.92 Å². The highest BCUT2D eigenvalue weighted by molar-refractivity contribution is 5.97. The number of piperidine rings is 1. The van der Waals surface area contributed by atoms with Crippen LogP contribution in [0.2, 0.25) is 0 Å². The summed E-state index contributed by atoms with van der Waals surface area (Å²) in [5.41, 5.74) is 0.625. The third-order valence-corrected chi connectivity index (χ3v) is 4.46. The number of carbonyl (C=O) groups excluding carboxylic acids is 1. The summed E-state index contributed by atoms with van der Waals surface area (Å²) in [5.74, 6) is 0.770. The number of aromatic nitrogens is 3. The fraction of sp³-hybridized carbons (Fsp3) is 0.529. The molecule has 1 fully saturated rings. The summed E-state index contributed by atoms with van der Waals surface area (Å²) < 4.78 is 3.66. The van der Waals surface area contributed by atoms with Crippen LogP contribution < -0.4 is 5.32 Å². The smallest absolute Gasteiger partial charge is 0.256 e. The van der Waals surface area contributed by atoms with Crippen LogP contribution in [0.1, 0.15) is 36.5 Å². The van der Waals surface area contributed by atoms with Gasteiger partial charge in [0.1, 0.15) is 11.4 Å². The van der Waals surface area contributed by atoms with Gasteiger partial charge in [0.05, 0.1) is 6.20 Å². The van der Waals surface area contributed by atoms with Crippen molar-refractivity contribution >= 4 is 5.91 Å². The molecule has 0 saturated carbocycles. The minimum Gasteiger partial charge on any atom is -0.349 e. The lowest BCUT2D eigenvalue weighted by atomic mass is 10.0. The Bertz CT molecular complexity index is 638. The SMILES string of the molecule is CCCN1CCC(NC(=O)c2cnn(C)c2-n2cccc2)CC1. The predicted octanol–water partition coefficient (Wildman–Crippen LogP) is 1.81. The molecule has 1 aliphatic heterocycles.